The maximum absolute atomic E-state index is 13.6. The van der Waals surface area contributed by atoms with Gasteiger partial charge in [0.15, 0.2) is 5.13 Å². The summed E-state index contributed by atoms with van der Waals surface area (Å²) in [5, 5.41) is 4.04. The highest BCUT2D eigenvalue weighted by Gasteiger charge is 2.31. The molecule has 0 saturated heterocycles. The van der Waals surface area contributed by atoms with Gasteiger partial charge in [0.05, 0.1) is 28.8 Å². The zero-order chi connectivity index (χ0) is 23.2. The summed E-state index contributed by atoms with van der Waals surface area (Å²) in [7, 11) is 1.29. The van der Waals surface area contributed by atoms with E-state index in [1.807, 2.05) is 0 Å². The van der Waals surface area contributed by atoms with Crippen LogP contribution >= 0.6 is 22.9 Å². The lowest BCUT2D eigenvalue weighted by atomic mass is 10.1. The number of amides is 1. The Morgan fingerprint density at radius 1 is 1.25 bits per heavy atom. The fraction of sp³-hybridized carbons (Fsp3) is 0.167. The predicted octanol–water partition coefficient (Wildman–Crippen LogP) is 3.15. The van der Waals surface area contributed by atoms with Crippen LogP contribution in [0.2, 0.25) is 0 Å². The third-order valence-corrected chi connectivity index (χ3v) is 5.96. The van der Waals surface area contributed by atoms with Gasteiger partial charge in [-0.25, -0.2) is 14.2 Å². The van der Waals surface area contributed by atoms with Crippen molar-refractivity contribution in [1.29, 1.82) is 0 Å². The smallest absolute Gasteiger partial charge is 0.302 e. The molecule has 0 spiro atoms. The average molecular weight is 485 g/mol. The molecule has 166 valence electrons. The second kappa shape index (κ2) is 7.94. The van der Waals surface area contributed by atoms with E-state index >= 15 is 0 Å². The van der Waals surface area contributed by atoms with E-state index in [1.165, 1.54) is 12.4 Å². The number of fused-ring (bicyclic) bond motifs is 1. The summed E-state index contributed by atoms with van der Waals surface area (Å²) >= 11 is 1.80. The molecule has 0 aliphatic rings. The van der Waals surface area contributed by atoms with E-state index < -0.39 is 34.7 Å². The van der Waals surface area contributed by atoms with Crippen molar-refractivity contribution >= 4 is 44.1 Å². The molecule has 0 bridgehead atoms. The quantitative estimate of drug-likeness (QED) is 0.432. The lowest BCUT2D eigenvalue weighted by Crippen LogP contribution is -2.32. The van der Waals surface area contributed by atoms with E-state index in [0.29, 0.717) is 6.07 Å². The number of alkyl halides is 3. The summed E-state index contributed by atoms with van der Waals surface area (Å²) in [4.78, 5) is 43.1. The Morgan fingerprint density at radius 2 is 2.00 bits per heavy atom. The first-order chi connectivity index (χ1) is 15.0. The van der Waals surface area contributed by atoms with Gasteiger partial charge in [0, 0.05) is 18.0 Å². The Labute approximate surface area is 183 Å². The van der Waals surface area contributed by atoms with Crippen molar-refractivity contribution in [2.24, 2.45) is 7.05 Å². The van der Waals surface area contributed by atoms with Gasteiger partial charge in [0.25, 0.3) is 5.56 Å². The van der Waals surface area contributed by atoms with E-state index in [1.54, 1.807) is 0 Å². The summed E-state index contributed by atoms with van der Waals surface area (Å²) in [5.74, 6) is -1.65. The molecule has 0 saturated carbocycles. The molecule has 0 fully saturated rings. The number of anilines is 1. The molecular formula is C18H11F4N5O3S2. The highest BCUT2D eigenvalue weighted by atomic mass is 32.1. The lowest BCUT2D eigenvalue weighted by molar-refractivity contribution is -0.137. The fourth-order valence-corrected chi connectivity index (χ4v) is 4.39. The number of thiazole rings is 1. The summed E-state index contributed by atoms with van der Waals surface area (Å²) in [6.07, 6.45) is -5.02. The van der Waals surface area contributed by atoms with E-state index in [-0.39, 0.29) is 38.7 Å². The van der Waals surface area contributed by atoms with Crippen LogP contribution in [0.15, 0.2) is 33.2 Å². The van der Waals surface area contributed by atoms with Gasteiger partial charge in [-0.1, -0.05) is 0 Å². The van der Waals surface area contributed by atoms with Crippen LogP contribution in [0, 0.1) is 5.82 Å². The molecule has 2 N–H and O–H groups in total. The van der Waals surface area contributed by atoms with Gasteiger partial charge >= 0.3 is 11.9 Å². The van der Waals surface area contributed by atoms with Crippen LogP contribution in [-0.4, -0.2) is 24.8 Å². The zero-order valence-electron chi connectivity index (χ0n) is 15.9. The van der Waals surface area contributed by atoms with Crippen molar-refractivity contribution in [3.63, 3.8) is 0 Å². The van der Waals surface area contributed by atoms with E-state index in [2.05, 4.69) is 19.7 Å². The number of hydrogen-bond donors (Lipinski definition) is 2. The number of aromatic nitrogens is 4. The molecule has 3 aromatic heterocycles. The average Bonchev–Trinajstić information content (AvgIpc) is 3.32. The van der Waals surface area contributed by atoms with Crippen molar-refractivity contribution in [2.75, 3.05) is 5.32 Å². The number of H-pyrrole nitrogens is 1. The molecule has 4 aromatic rings. The van der Waals surface area contributed by atoms with Crippen LogP contribution in [0.5, 0.6) is 0 Å². The molecule has 4 rings (SSSR count). The molecule has 14 heteroatoms. The Kier molecular flexibility index (Phi) is 5.42. The number of hydrogen-bond acceptors (Lipinski definition) is 7. The minimum atomic E-state index is -4.72. The number of nitrogens with one attached hydrogen (secondary N) is 2. The molecule has 0 atom stereocenters. The van der Waals surface area contributed by atoms with Crippen molar-refractivity contribution in [2.45, 2.75) is 12.6 Å². The van der Waals surface area contributed by atoms with Crippen LogP contribution in [0.4, 0.5) is 22.7 Å². The number of carbonyl (C=O) groups is 1. The van der Waals surface area contributed by atoms with Crippen molar-refractivity contribution in [1.82, 2.24) is 18.9 Å². The monoisotopic (exact) mass is 485 g/mol. The third-order valence-electron chi connectivity index (χ3n) is 4.41. The first-order valence-electron chi connectivity index (χ1n) is 8.74. The topological polar surface area (TPSA) is 110 Å². The molecule has 0 aliphatic heterocycles. The van der Waals surface area contributed by atoms with Crippen LogP contribution < -0.4 is 16.6 Å². The van der Waals surface area contributed by atoms with Crippen LogP contribution in [-0.2, 0) is 24.4 Å². The largest absolute Gasteiger partial charge is 0.416 e. The molecule has 8 nitrogen and oxygen atoms in total. The molecule has 0 aliphatic carbocycles. The van der Waals surface area contributed by atoms with Crippen molar-refractivity contribution < 1.29 is 22.4 Å². The van der Waals surface area contributed by atoms with Crippen LogP contribution in [0.1, 0.15) is 11.3 Å². The molecule has 0 unspecified atom stereocenters. The van der Waals surface area contributed by atoms with Crippen LogP contribution in [0.25, 0.3) is 21.5 Å². The minimum absolute atomic E-state index is 0.0563. The number of aromatic amines is 1. The molecular weight excluding hydrogens is 474 g/mol. The van der Waals surface area contributed by atoms with Crippen molar-refractivity contribution in [3.8, 4) is 11.3 Å². The SMILES string of the molecule is Cn1c(=O)[nH]c2snc(CC(=O)Nc3nc(-c4cc(F)cc(C(F)(F)F)c4)cs3)c2c1=O. The molecule has 3 heterocycles. The maximum atomic E-state index is 13.6. The summed E-state index contributed by atoms with van der Waals surface area (Å²) in [6, 6.07) is 2.06. The van der Waals surface area contributed by atoms with Crippen LogP contribution in [0.3, 0.4) is 0 Å². The second-order valence-corrected chi connectivity index (χ2v) is 8.25. The minimum Gasteiger partial charge on any atom is -0.302 e. The van der Waals surface area contributed by atoms with E-state index in [9.17, 15) is 31.9 Å². The van der Waals surface area contributed by atoms with Crippen molar-refractivity contribution in [3.05, 3.63) is 61.5 Å². The molecule has 0 radical (unpaired) electrons. The molecule has 1 amide bonds. The number of benzene rings is 1. The number of rotatable bonds is 4. The first kappa shape index (κ1) is 21.8. The second-order valence-electron chi connectivity index (χ2n) is 6.62. The van der Waals surface area contributed by atoms with E-state index in [4.69, 9.17) is 0 Å². The fourth-order valence-electron chi connectivity index (χ4n) is 2.87. The first-order valence-corrected chi connectivity index (χ1v) is 10.4. The van der Waals surface area contributed by atoms with Gasteiger partial charge in [0.1, 0.15) is 10.6 Å². The Bertz CT molecular complexity index is 1470. The molecule has 1 aromatic carbocycles. The van der Waals surface area contributed by atoms with Gasteiger partial charge in [-0.15, -0.1) is 11.3 Å². The summed E-state index contributed by atoms with van der Waals surface area (Å²) in [5.41, 5.74) is -2.23. The van der Waals surface area contributed by atoms with Gasteiger partial charge in [0.2, 0.25) is 5.91 Å². The van der Waals surface area contributed by atoms with Gasteiger partial charge < -0.3 is 5.32 Å². The standard InChI is InChI=1S/C18H11F4N5O3S2/c1-27-15(29)13-10(26-32-14(13)25-17(27)30)5-12(28)24-16-23-11(6-31-16)7-2-8(18(20,21)22)4-9(19)3-7/h2-4,6H,5H2,1H3,(H,25,30)(H,23,24,28). The van der Waals surface area contributed by atoms with Gasteiger partial charge in [-0.05, 0) is 29.7 Å². The Hall–Kier alpha value is -3.39. The number of carbonyl (C=O) groups excluding carboxylic acids is 1. The molecule has 32 heavy (non-hydrogen) atoms. The highest BCUT2D eigenvalue weighted by Crippen LogP contribution is 2.34. The lowest BCUT2D eigenvalue weighted by Gasteiger charge is -2.08. The van der Waals surface area contributed by atoms with E-state index in [0.717, 1.165) is 39.6 Å². The Balaban J connectivity index is 1.55. The Morgan fingerprint density at radius 3 is 2.72 bits per heavy atom. The maximum Gasteiger partial charge on any atom is 0.416 e. The summed E-state index contributed by atoms with van der Waals surface area (Å²) < 4.78 is 57.3. The van der Waals surface area contributed by atoms with Gasteiger partial charge in [-0.3, -0.25) is 19.1 Å². The zero-order valence-corrected chi connectivity index (χ0v) is 17.5. The highest BCUT2D eigenvalue weighted by molar-refractivity contribution is 7.14. The number of halogens is 4. The predicted molar refractivity (Wildman–Crippen MR) is 110 cm³/mol. The van der Waals surface area contributed by atoms with Gasteiger partial charge in [-0.2, -0.15) is 17.5 Å². The summed E-state index contributed by atoms with van der Waals surface area (Å²) in [6.45, 7) is 0. The number of nitrogens with zero attached hydrogens (tertiary/aromatic N) is 3. The normalized spacial score (nSPS) is 11.8. The third kappa shape index (κ3) is 4.18.